The molecular formula is C51H45N5. The zero-order valence-corrected chi connectivity index (χ0v) is 33.1. The van der Waals surface area contributed by atoms with Crippen molar-refractivity contribution in [3.8, 4) is 34.4 Å². The number of para-hydroxylation sites is 2. The molecule has 4 heterocycles. The monoisotopic (exact) mass is 727 g/mol. The standard InChI is InChI=1S/C51H45N5/c1-30-29-51(7)37-20-13-18-35-43-39(55(45(35)37)41-22-14-19-36(44(41)51)50(30,5)6)27-28-40-42(43)34-17-11-12-21-38(34)56(40)48-53-46(31-15-9-8-10-16-31)52-47(54-48)32-23-25-33(26-24-32)49(2,3)4/h8-28,30H,29H2,1-7H3. The molecule has 2 aliphatic rings. The molecule has 9 aromatic rings. The molecule has 0 radical (unpaired) electrons. The van der Waals surface area contributed by atoms with Crippen LogP contribution in [-0.2, 0) is 16.2 Å². The molecule has 56 heavy (non-hydrogen) atoms. The van der Waals surface area contributed by atoms with Gasteiger partial charge in [0.2, 0.25) is 5.95 Å². The van der Waals surface area contributed by atoms with Gasteiger partial charge < -0.3 is 4.57 Å². The molecule has 6 aromatic carbocycles. The second kappa shape index (κ2) is 11.3. The molecule has 2 unspecified atom stereocenters. The second-order valence-corrected chi connectivity index (χ2v) is 18.1. The predicted molar refractivity (Wildman–Crippen MR) is 231 cm³/mol. The van der Waals surface area contributed by atoms with E-state index < -0.39 is 0 Å². The van der Waals surface area contributed by atoms with Crippen LogP contribution < -0.4 is 0 Å². The van der Waals surface area contributed by atoms with E-state index in [1.54, 1.807) is 0 Å². The molecular weight excluding hydrogens is 683 g/mol. The van der Waals surface area contributed by atoms with Crippen LogP contribution in [0.1, 0.15) is 77.1 Å². The van der Waals surface area contributed by atoms with Crippen molar-refractivity contribution in [2.75, 3.05) is 0 Å². The molecule has 0 bridgehead atoms. The molecule has 0 N–H and O–H groups in total. The van der Waals surface area contributed by atoms with Crippen LogP contribution in [0.15, 0.2) is 127 Å². The molecule has 3 aromatic heterocycles. The van der Waals surface area contributed by atoms with Gasteiger partial charge in [0.25, 0.3) is 0 Å². The quantitative estimate of drug-likeness (QED) is 0.182. The zero-order valence-electron chi connectivity index (χ0n) is 33.1. The highest BCUT2D eigenvalue weighted by Crippen LogP contribution is 2.58. The molecule has 0 saturated heterocycles. The molecule has 0 saturated carbocycles. The first-order chi connectivity index (χ1) is 26.9. The summed E-state index contributed by atoms with van der Waals surface area (Å²) < 4.78 is 4.83. The lowest BCUT2D eigenvalue weighted by molar-refractivity contribution is 0.244. The Balaban J connectivity index is 1.23. The van der Waals surface area contributed by atoms with E-state index in [1.807, 2.05) is 18.2 Å². The molecule has 5 nitrogen and oxygen atoms in total. The average Bonchev–Trinajstić information content (AvgIpc) is 3.72. The van der Waals surface area contributed by atoms with Crippen molar-refractivity contribution in [3.63, 3.8) is 0 Å². The average molecular weight is 728 g/mol. The molecule has 2 atom stereocenters. The first-order valence-corrected chi connectivity index (χ1v) is 20.0. The van der Waals surface area contributed by atoms with Gasteiger partial charge in [-0.2, -0.15) is 9.97 Å². The van der Waals surface area contributed by atoms with E-state index in [2.05, 4.69) is 167 Å². The minimum atomic E-state index is -0.0853. The molecule has 0 fully saturated rings. The first kappa shape index (κ1) is 33.3. The van der Waals surface area contributed by atoms with Crippen molar-refractivity contribution in [1.82, 2.24) is 24.1 Å². The van der Waals surface area contributed by atoms with Gasteiger partial charge >= 0.3 is 0 Å². The van der Waals surface area contributed by atoms with Crippen LogP contribution in [0.2, 0.25) is 0 Å². The van der Waals surface area contributed by atoms with Gasteiger partial charge in [-0.25, -0.2) is 4.98 Å². The predicted octanol–water partition coefficient (Wildman–Crippen LogP) is 12.6. The van der Waals surface area contributed by atoms with Gasteiger partial charge in [-0.05, 0) is 69.7 Å². The molecule has 11 rings (SSSR count). The van der Waals surface area contributed by atoms with E-state index in [4.69, 9.17) is 15.0 Å². The molecule has 5 heteroatoms. The lowest BCUT2D eigenvalue weighted by atomic mass is 9.54. The Bertz CT molecular complexity index is 3080. The van der Waals surface area contributed by atoms with Crippen LogP contribution in [0.25, 0.3) is 78.0 Å². The summed E-state index contributed by atoms with van der Waals surface area (Å²) in [5, 5.41) is 4.98. The molecule has 0 spiro atoms. The Morgan fingerprint density at radius 2 is 1.18 bits per heavy atom. The van der Waals surface area contributed by atoms with Gasteiger partial charge in [-0.3, -0.25) is 4.57 Å². The highest BCUT2D eigenvalue weighted by molar-refractivity contribution is 6.29. The van der Waals surface area contributed by atoms with Gasteiger partial charge in [-0.15, -0.1) is 0 Å². The summed E-state index contributed by atoms with van der Waals surface area (Å²) in [6, 6.07) is 46.4. The lowest BCUT2D eigenvalue weighted by Crippen LogP contribution is -2.44. The zero-order chi connectivity index (χ0) is 38.3. The Morgan fingerprint density at radius 1 is 0.571 bits per heavy atom. The summed E-state index contributed by atoms with van der Waals surface area (Å²) in [6.07, 6.45) is 1.11. The first-order valence-electron chi connectivity index (χ1n) is 20.0. The third-order valence-electron chi connectivity index (χ3n) is 13.5. The third-order valence-corrected chi connectivity index (χ3v) is 13.5. The number of rotatable bonds is 3. The summed E-state index contributed by atoms with van der Waals surface area (Å²) in [5.41, 5.74) is 13.7. The molecule has 1 aliphatic carbocycles. The number of fused-ring (bicyclic) bond motifs is 9. The van der Waals surface area contributed by atoms with Crippen LogP contribution in [0, 0.1) is 5.92 Å². The van der Waals surface area contributed by atoms with Crippen molar-refractivity contribution in [3.05, 3.63) is 150 Å². The van der Waals surface area contributed by atoms with E-state index in [0.717, 1.165) is 28.6 Å². The second-order valence-electron chi connectivity index (χ2n) is 18.1. The van der Waals surface area contributed by atoms with Crippen molar-refractivity contribution in [1.29, 1.82) is 0 Å². The van der Waals surface area contributed by atoms with Crippen molar-refractivity contribution >= 4 is 43.6 Å². The Kier molecular flexibility index (Phi) is 6.69. The van der Waals surface area contributed by atoms with Crippen molar-refractivity contribution in [2.24, 2.45) is 5.92 Å². The van der Waals surface area contributed by atoms with E-state index in [0.29, 0.717) is 23.5 Å². The van der Waals surface area contributed by atoms with E-state index in [-0.39, 0.29) is 16.2 Å². The Labute approximate surface area is 327 Å². The van der Waals surface area contributed by atoms with E-state index in [9.17, 15) is 0 Å². The summed E-state index contributed by atoms with van der Waals surface area (Å²) in [5.74, 6) is 2.45. The van der Waals surface area contributed by atoms with Gasteiger partial charge in [0, 0.05) is 38.1 Å². The molecule has 274 valence electrons. The van der Waals surface area contributed by atoms with Gasteiger partial charge in [0.05, 0.1) is 27.8 Å². The number of aromatic nitrogens is 5. The summed E-state index contributed by atoms with van der Waals surface area (Å²) in [6.45, 7) is 16.5. The largest absolute Gasteiger partial charge is 0.309 e. The fourth-order valence-electron chi connectivity index (χ4n) is 10.3. The van der Waals surface area contributed by atoms with Crippen LogP contribution >= 0.6 is 0 Å². The Morgan fingerprint density at radius 3 is 1.91 bits per heavy atom. The Hall–Kier alpha value is -6.07. The maximum atomic E-state index is 5.28. The van der Waals surface area contributed by atoms with Crippen molar-refractivity contribution in [2.45, 2.75) is 71.1 Å². The smallest absolute Gasteiger partial charge is 0.238 e. The molecule has 0 amide bonds. The topological polar surface area (TPSA) is 48.5 Å². The van der Waals surface area contributed by atoms with Crippen LogP contribution in [-0.4, -0.2) is 24.1 Å². The third kappa shape index (κ3) is 4.40. The summed E-state index contributed by atoms with van der Waals surface area (Å²) >= 11 is 0. The van der Waals surface area contributed by atoms with Crippen LogP contribution in [0.3, 0.4) is 0 Å². The number of hydrogen-bond acceptors (Lipinski definition) is 3. The number of hydrogen-bond donors (Lipinski definition) is 0. The minimum Gasteiger partial charge on any atom is -0.309 e. The molecule has 1 aliphatic heterocycles. The van der Waals surface area contributed by atoms with Crippen molar-refractivity contribution < 1.29 is 0 Å². The fourth-order valence-corrected chi connectivity index (χ4v) is 10.3. The highest BCUT2D eigenvalue weighted by atomic mass is 15.2. The van der Waals surface area contributed by atoms with Crippen LogP contribution in [0.5, 0.6) is 0 Å². The summed E-state index contributed by atoms with van der Waals surface area (Å²) in [7, 11) is 0. The van der Waals surface area contributed by atoms with Gasteiger partial charge in [0.1, 0.15) is 0 Å². The maximum Gasteiger partial charge on any atom is 0.238 e. The highest BCUT2D eigenvalue weighted by Gasteiger charge is 2.49. The lowest BCUT2D eigenvalue weighted by Gasteiger charge is -2.50. The van der Waals surface area contributed by atoms with E-state index in [1.165, 1.54) is 60.5 Å². The number of nitrogens with zero attached hydrogens (tertiary/aromatic N) is 5. The van der Waals surface area contributed by atoms with Gasteiger partial charge in [-0.1, -0.05) is 152 Å². The summed E-state index contributed by atoms with van der Waals surface area (Å²) in [4.78, 5) is 15.6. The number of benzene rings is 6. The minimum absolute atomic E-state index is 0.0455. The maximum absolute atomic E-state index is 5.28. The van der Waals surface area contributed by atoms with Crippen LogP contribution in [0.4, 0.5) is 0 Å². The van der Waals surface area contributed by atoms with Gasteiger partial charge in [0.15, 0.2) is 11.6 Å². The van der Waals surface area contributed by atoms with E-state index >= 15 is 0 Å². The SMILES string of the molecule is CC1CC2(C)c3c(cccc3C1(C)C)-n1c3ccc4c(c5ccccc5n4-c4nc(-c5ccccc5)nc(-c5ccc(C(C)(C)C)cc5)n4)c3c3cccc2c31. The normalized spacial score (nSPS) is 18.6. The fraction of sp³-hybridized carbons (Fsp3) is 0.235.